The lowest BCUT2D eigenvalue weighted by Gasteiger charge is -2.21. The molecule has 0 amide bonds. The smallest absolute Gasteiger partial charge is 0.150 e. The van der Waals surface area contributed by atoms with Crippen LogP contribution in [-0.2, 0) is 0 Å². The highest BCUT2D eigenvalue weighted by Crippen LogP contribution is 2.22. The second-order valence-corrected chi connectivity index (χ2v) is 6.10. The van der Waals surface area contributed by atoms with E-state index in [2.05, 4.69) is 21.8 Å². The molecule has 1 aromatic carbocycles. The van der Waals surface area contributed by atoms with Crippen molar-refractivity contribution in [2.75, 3.05) is 38.1 Å². The van der Waals surface area contributed by atoms with Gasteiger partial charge in [0, 0.05) is 30.8 Å². The van der Waals surface area contributed by atoms with E-state index in [4.69, 9.17) is 4.98 Å². The van der Waals surface area contributed by atoms with Gasteiger partial charge in [0.1, 0.15) is 12.1 Å². The van der Waals surface area contributed by atoms with Crippen molar-refractivity contribution >= 4 is 12.1 Å². The van der Waals surface area contributed by atoms with Crippen molar-refractivity contribution in [1.29, 1.82) is 0 Å². The van der Waals surface area contributed by atoms with Gasteiger partial charge >= 0.3 is 0 Å². The quantitative estimate of drug-likeness (QED) is 0.815. The predicted molar refractivity (Wildman–Crippen MR) is 91.9 cm³/mol. The van der Waals surface area contributed by atoms with Gasteiger partial charge in [0.2, 0.25) is 0 Å². The minimum absolute atomic E-state index is 0.700. The highest BCUT2D eigenvalue weighted by Gasteiger charge is 2.15. The molecule has 23 heavy (non-hydrogen) atoms. The molecule has 1 fully saturated rings. The van der Waals surface area contributed by atoms with Crippen molar-refractivity contribution in [2.45, 2.75) is 13.3 Å². The molecule has 1 aliphatic rings. The zero-order valence-electron chi connectivity index (χ0n) is 13.7. The maximum atomic E-state index is 11.1. The van der Waals surface area contributed by atoms with Gasteiger partial charge in [-0.2, -0.15) is 0 Å². The molecule has 1 aromatic heterocycles. The Kier molecular flexibility index (Phi) is 4.67. The van der Waals surface area contributed by atoms with E-state index in [0.29, 0.717) is 5.56 Å². The number of hydrogen-bond acceptors (Lipinski definition) is 5. The molecule has 0 atom stereocenters. The van der Waals surface area contributed by atoms with E-state index in [1.54, 1.807) is 6.20 Å². The summed E-state index contributed by atoms with van der Waals surface area (Å²) in [6.45, 7) is 6.04. The fourth-order valence-corrected chi connectivity index (χ4v) is 2.85. The van der Waals surface area contributed by atoms with E-state index in [1.807, 2.05) is 31.3 Å². The zero-order valence-corrected chi connectivity index (χ0v) is 13.7. The van der Waals surface area contributed by atoms with Crippen LogP contribution in [0.1, 0.15) is 22.3 Å². The minimum Gasteiger partial charge on any atom is -0.354 e. The van der Waals surface area contributed by atoms with Gasteiger partial charge in [0.25, 0.3) is 0 Å². The largest absolute Gasteiger partial charge is 0.354 e. The number of anilines is 1. The monoisotopic (exact) mass is 310 g/mol. The van der Waals surface area contributed by atoms with Crippen LogP contribution in [0.15, 0.2) is 30.6 Å². The predicted octanol–water partition coefficient (Wildman–Crippen LogP) is 2.41. The standard InChI is InChI=1S/C18H22N4O/c1-14-4-5-15(10-16(14)13-23)17-11-19-12-18(20-17)22-7-3-6-21(2)8-9-22/h4-5,10-13H,3,6-9H2,1-2H3. The summed E-state index contributed by atoms with van der Waals surface area (Å²) in [6, 6.07) is 5.83. The first-order valence-corrected chi connectivity index (χ1v) is 7.99. The molecule has 0 N–H and O–H groups in total. The van der Waals surface area contributed by atoms with E-state index in [9.17, 15) is 4.79 Å². The topological polar surface area (TPSA) is 49.3 Å². The third-order valence-corrected chi connectivity index (χ3v) is 4.37. The van der Waals surface area contributed by atoms with Gasteiger partial charge in [0.15, 0.2) is 0 Å². The fraction of sp³-hybridized carbons (Fsp3) is 0.389. The van der Waals surface area contributed by atoms with Crippen LogP contribution in [-0.4, -0.2) is 54.4 Å². The van der Waals surface area contributed by atoms with Gasteiger partial charge in [-0.25, -0.2) is 4.98 Å². The molecule has 5 nitrogen and oxygen atoms in total. The van der Waals surface area contributed by atoms with Crippen molar-refractivity contribution < 1.29 is 4.79 Å². The van der Waals surface area contributed by atoms with Gasteiger partial charge in [-0.15, -0.1) is 0 Å². The molecule has 0 spiro atoms. The van der Waals surface area contributed by atoms with Crippen LogP contribution in [0.4, 0.5) is 5.82 Å². The van der Waals surface area contributed by atoms with Gasteiger partial charge in [-0.1, -0.05) is 12.1 Å². The maximum absolute atomic E-state index is 11.1. The summed E-state index contributed by atoms with van der Waals surface area (Å²) < 4.78 is 0. The lowest BCUT2D eigenvalue weighted by Crippen LogP contribution is -2.29. The van der Waals surface area contributed by atoms with Gasteiger partial charge < -0.3 is 9.80 Å². The number of aryl methyl sites for hydroxylation is 1. The number of likely N-dealkylation sites (N-methyl/N-ethyl adjacent to an activating group) is 1. The molecule has 1 aliphatic heterocycles. The normalized spacial score (nSPS) is 16.2. The zero-order chi connectivity index (χ0) is 16.2. The molecule has 1 saturated heterocycles. The van der Waals surface area contributed by atoms with E-state index in [0.717, 1.165) is 61.5 Å². The summed E-state index contributed by atoms with van der Waals surface area (Å²) in [5, 5.41) is 0. The summed E-state index contributed by atoms with van der Waals surface area (Å²) in [6.07, 6.45) is 5.60. The number of aldehydes is 1. The molecule has 120 valence electrons. The Morgan fingerprint density at radius 2 is 2.00 bits per heavy atom. The van der Waals surface area contributed by atoms with Crippen LogP contribution in [0.5, 0.6) is 0 Å². The van der Waals surface area contributed by atoms with E-state index >= 15 is 0 Å². The van der Waals surface area contributed by atoms with Gasteiger partial charge in [0.05, 0.1) is 18.1 Å². The van der Waals surface area contributed by atoms with Crippen LogP contribution in [0.2, 0.25) is 0 Å². The van der Waals surface area contributed by atoms with Crippen LogP contribution in [0.25, 0.3) is 11.3 Å². The molecule has 0 aliphatic carbocycles. The molecule has 2 heterocycles. The number of nitrogens with zero attached hydrogens (tertiary/aromatic N) is 4. The highest BCUT2D eigenvalue weighted by molar-refractivity contribution is 5.80. The highest BCUT2D eigenvalue weighted by atomic mass is 16.1. The average molecular weight is 310 g/mol. The lowest BCUT2D eigenvalue weighted by molar-refractivity contribution is 0.112. The van der Waals surface area contributed by atoms with Crippen LogP contribution < -0.4 is 4.90 Å². The Hall–Kier alpha value is -2.27. The Morgan fingerprint density at radius 3 is 2.83 bits per heavy atom. The van der Waals surface area contributed by atoms with Crippen LogP contribution >= 0.6 is 0 Å². The Morgan fingerprint density at radius 1 is 1.13 bits per heavy atom. The Balaban J connectivity index is 1.89. The Bertz CT molecular complexity index is 701. The third-order valence-electron chi connectivity index (χ3n) is 4.37. The van der Waals surface area contributed by atoms with E-state index in [1.165, 1.54) is 0 Å². The molecule has 3 rings (SSSR count). The number of hydrogen-bond donors (Lipinski definition) is 0. The maximum Gasteiger partial charge on any atom is 0.150 e. The van der Waals surface area contributed by atoms with E-state index < -0.39 is 0 Å². The molecular weight excluding hydrogens is 288 g/mol. The summed E-state index contributed by atoms with van der Waals surface area (Å²) in [7, 11) is 2.15. The number of carbonyl (C=O) groups excluding carboxylic acids is 1. The second kappa shape index (κ2) is 6.87. The van der Waals surface area contributed by atoms with Crippen molar-refractivity contribution in [3.63, 3.8) is 0 Å². The molecule has 0 bridgehead atoms. The van der Waals surface area contributed by atoms with Crippen LogP contribution in [0, 0.1) is 6.92 Å². The van der Waals surface area contributed by atoms with Crippen molar-refractivity contribution in [3.8, 4) is 11.3 Å². The molecular formula is C18H22N4O. The van der Waals surface area contributed by atoms with E-state index in [-0.39, 0.29) is 0 Å². The first kappa shape index (κ1) is 15.6. The minimum atomic E-state index is 0.700. The number of rotatable bonds is 3. The van der Waals surface area contributed by atoms with Gasteiger partial charge in [-0.05, 0) is 38.6 Å². The first-order chi connectivity index (χ1) is 11.2. The second-order valence-electron chi connectivity index (χ2n) is 6.10. The average Bonchev–Trinajstić information content (AvgIpc) is 2.80. The van der Waals surface area contributed by atoms with Crippen molar-refractivity contribution in [3.05, 3.63) is 41.7 Å². The number of benzene rings is 1. The molecule has 0 saturated carbocycles. The summed E-state index contributed by atoms with van der Waals surface area (Å²) >= 11 is 0. The SMILES string of the molecule is Cc1ccc(-c2cncc(N3CCCN(C)CC3)n2)cc1C=O. The summed E-state index contributed by atoms with van der Waals surface area (Å²) in [4.78, 5) is 24.9. The summed E-state index contributed by atoms with van der Waals surface area (Å²) in [5.41, 5.74) is 3.41. The third kappa shape index (κ3) is 3.56. The van der Waals surface area contributed by atoms with Crippen molar-refractivity contribution in [2.24, 2.45) is 0 Å². The molecule has 5 heteroatoms. The number of aromatic nitrogens is 2. The summed E-state index contributed by atoms with van der Waals surface area (Å²) in [5.74, 6) is 0.908. The first-order valence-electron chi connectivity index (χ1n) is 7.99. The van der Waals surface area contributed by atoms with Crippen LogP contribution in [0.3, 0.4) is 0 Å². The van der Waals surface area contributed by atoms with Crippen molar-refractivity contribution in [1.82, 2.24) is 14.9 Å². The molecule has 0 unspecified atom stereocenters. The Labute approximate surface area is 137 Å². The lowest BCUT2D eigenvalue weighted by atomic mass is 10.0. The van der Waals surface area contributed by atoms with Gasteiger partial charge in [-0.3, -0.25) is 9.78 Å². The number of carbonyl (C=O) groups is 1. The molecule has 0 radical (unpaired) electrons. The molecule has 2 aromatic rings. The fourth-order valence-electron chi connectivity index (χ4n) is 2.85.